The molecule has 33 heavy (non-hydrogen) atoms. The number of aromatic nitrogens is 7. The van der Waals surface area contributed by atoms with Crippen molar-refractivity contribution in [2.24, 2.45) is 0 Å². The van der Waals surface area contributed by atoms with Gasteiger partial charge in [-0.15, -0.1) is 0 Å². The van der Waals surface area contributed by atoms with Crippen LogP contribution in [0.1, 0.15) is 19.9 Å². The fourth-order valence-electron chi connectivity index (χ4n) is 3.65. The van der Waals surface area contributed by atoms with Crippen LogP contribution in [-0.2, 0) is 6.54 Å². The maximum Gasteiger partial charge on any atom is 0.250 e. The minimum atomic E-state index is -0.0345. The van der Waals surface area contributed by atoms with E-state index in [1.165, 1.54) is 0 Å². The Hall–Kier alpha value is -4.27. The van der Waals surface area contributed by atoms with Crippen LogP contribution in [0.4, 0.5) is 5.95 Å². The van der Waals surface area contributed by atoms with Gasteiger partial charge in [-0.1, -0.05) is 6.07 Å². The zero-order chi connectivity index (χ0) is 22.8. The fourth-order valence-corrected chi connectivity index (χ4v) is 3.65. The van der Waals surface area contributed by atoms with Crippen LogP contribution in [-0.4, -0.2) is 40.8 Å². The second kappa shape index (κ2) is 8.70. The highest BCUT2D eigenvalue weighted by atomic mass is 16.1. The third kappa shape index (κ3) is 4.25. The van der Waals surface area contributed by atoms with Gasteiger partial charge in [0, 0.05) is 72.7 Å². The topological polar surface area (TPSA) is 106 Å². The summed E-state index contributed by atoms with van der Waals surface area (Å²) in [5.74, 6) is 0.499. The smallest absolute Gasteiger partial charge is 0.250 e. The summed E-state index contributed by atoms with van der Waals surface area (Å²) in [6.07, 6.45) is 9.21. The van der Waals surface area contributed by atoms with Gasteiger partial charge in [-0.3, -0.25) is 9.48 Å². The lowest BCUT2D eigenvalue weighted by Gasteiger charge is -2.08. The number of aromatic amines is 1. The molecule has 0 aliphatic carbocycles. The van der Waals surface area contributed by atoms with Crippen LogP contribution >= 0.6 is 0 Å². The highest BCUT2D eigenvalue weighted by molar-refractivity contribution is 5.85. The van der Waals surface area contributed by atoms with E-state index in [-0.39, 0.29) is 11.6 Å². The molecule has 5 aromatic heterocycles. The lowest BCUT2D eigenvalue weighted by atomic mass is 10.1. The van der Waals surface area contributed by atoms with E-state index in [0.29, 0.717) is 19.0 Å². The van der Waals surface area contributed by atoms with Gasteiger partial charge in [0.15, 0.2) is 0 Å². The number of nitrogens with zero attached hydrogens (tertiary/aromatic N) is 6. The van der Waals surface area contributed by atoms with Gasteiger partial charge in [0.25, 0.3) is 5.56 Å². The first-order chi connectivity index (χ1) is 16.1. The molecule has 0 atom stereocenters. The van der Waals surface area contributed by atoms with E-state index in [2.05, 4.69) is 40.2 Å². The van der Waals surface area contributed by atoms with Gasteiger partial charge in [-0.25, -0.2) is 15.0 Å². The molecule has 5 aromatic rings. The average molecular weight is 441 g/mol. The molecular weight excluding hydrogens is 416 g/mol. The second-order valence-electron chi connectivity index (χ2n) is 8.03. The van der Waals surface area contributed by atoms with E-state index in [9.17, 15) is 4.79 Å². The third-order valence-electron chi connectivity index (χ3n) is 5.40. The monoisotopic (exact) mass is 440 g/mol. The zero-order valence-corrected chi connectivity index (χ0v) is 18.4. The van der Waals surface area contributed by atoms with Crippen LogP contribution < -0.4 is 10.9 Å². The van der Waals surface area contributed by atoms with Crippen LogP contribution in [0.3, 0.4) is 0 Å². The van der Waals surface area contributed by atoms with Gasteiger partial charge < -0.3 is 14.9 Å². The molecule has 9 heteroatoms. The molecule has 0 aromatic carbocycles. The molecule has 0 amide bonds. The summed E-state index contributed by atoms with van der Waals surface area (Å²) >= 11 is 0. The molecule has 0 radical (unpaired) electrons. The largest absolute Gasteiger partial charge is 0.352 e. The molecule has 5 heterocycles. The van der Waals surface area contributed by atoms with Crippen molar-refractivity contribution in [3.8, 4) is 22.5 Å². The number of H-pyrrole nitrogens is 1. The Morgan fingerprint density at radius 2 is 2.06 bits per heavy atom. The Bertz CT molecular complexity index is 1460. The van der Waals surface area contributed by atoms with Gasteiger partial charge in [0.2, 0.25) is 5.95 Å². The third-order valence-corrected chi connectivity index (χ3v) is 5.40. The standard InChI is InChI=1S/C24H24N8O/c1-16(2)32-15-19(22(30-32)18-13-17-6-8-25-23(17)28-14-18)20-7-9-26-24(29-20)27-10-12-31-11-4-3-5-21(31)33/h3-9,11,13-16H,10,12H2,1-2H3,(H,25,28)(H,26,27,29). The Morgan fingerprint density at radius 3 is 2.91 bits per heavy atom. The van der Waals surface area contributed by atoms with Crippen LogP contribution in [0.2, 0.25) is 0 Å². The predicted molar refractivity (Wildman–Crippen MR) is 128 cm³/mol. The first-order valence-corrected chi connectivity index (χ1v) is 10.8. The molecule has 2 N–H and O–H groups in total. The van der Waals surface area contributed by atoms with Crippen molar-refractivity contribution in [3.63, 3.8) is 0 Å². The minimum absolute atomic E-state index is 0.0345. The highest BCUT2D eigenvalue weighted by Gasteiger charge is 2.17. The Labute approximate surface area is 190 Å². The minimum Gasteiger partial charge on any atom is -0.352 e. The van der Waals surface area contributed by atoms with Crippen molar-refractivity contribution in [2.75, 3.05) is 11.9 Å². The summed E-state index contributed by atoms with van der Waals surface area (Å²) in [7, 11) is 0. The predicted octanol–water partition coefficient (Wildman–Crippen LogP) is 3.74. The normalized spacial score (nSPS) is 11.4. The summed E-state index contributed by atoms with van der Waals surface area (Å²) in [5.41, 5.74) is 4.22. The molecule has 5 rings (SSSR count). The first-order valence-electron chi connectivity index (χ1n) is 10.8. The number of hydrogen-bond acceptors (Lipinski definition) is 6. The molecule has 0 saturated carbocycles. The molecule has 0 aliphatic heterocycles. The van der Waals surface area contributed by atoms with Crippen LogP contribution in [0.15, 0.2) is 72.2 Å². The van der Waals surface area contributed by atoms with Crippen molar-refractivity contribution in [3.05, 3.63) is 77.7 Å². The maximum atomic E-state index is 11.9. The maximum absolute atomic E-state index is 11.9. The molecular formula is C24H24N8O. The fraction of sp³-hybridized carbons (Fsp3) is 0.208. The van der Waals surface area contributed by atoms with Gasteiger partial charge in [-0.05, 0) is 38.1 Å². The summed E-state index contributed by atoms with van der Waals surface area (Å²) < 4.78 is 3.58. The molecule has 0 fully saturated rings. The van der Waals surface area contributed by atoms with Crippen molar-refractivity contribution >= 4 is 17.0 Å². The van der Waals surface area contributed by atoms with Gasteiger partial charge in [0.1, 0.15) is 11.3 Å². The van der Waals surface area contributed by atoms with Crippen LogP contribution in [0, 0.1) is 0 Å². The van der Waals surface area contributed by atoms with Crippen LogP contribution in [0.5, 0.6) is 0 Å². The summed E-state index contributed by atoms with van der Waals surface area (Å²) in [6, 6.07) is 11.3. The number of nitrogens with one attached hydrogen (secondary N) is 2. The molecule has 166 valence electrons. The molecule has 0 saturated heterocycles. The molecule has 0 spiro atoms. The SMILES string of the molecule is CC(C)n1cc(-c2ccnc(NCCn3ccccc3=O)n2)c(-c2cnc3[nH]ccc3c2)n1. The average Bonchev–Trinajstić information content (AvgIpc) is 3.47. The lowest BCUT2D eigenvalue weighted by molar-refractivity contribution is 0.534. The van der Waals surface area contributed by atoms with Gasteiger partial charge in [0.05, 0.1) is 5.69 Å². The summed E-state index contributed by atoms with van der Waals surface area (Å²) in [6.45, 7) is 5.23. The Kier molecular flexibility index (Phi) is 5.43. The van der Waals surface area contributed by atoms with Crippen molar-refractivity contribution < 1.29 is 0 Å². The molecule has 0 aliphatic rings. The quantitative estimate of drug-likeness (QED) is 0.399. The van der Waals surface area contributed by atoms with Gasteiger partial charge >= 0.3 is 0 Å². The van der Waals surface area contributed by atoms with E-state index >= 15 is 0 Å². The lowest BCUT2D eigenvalue weighted by Crippen LogP contribution is -2.22. The van der Waals surface area contributed by atoms with Crippen molar-refractivity contribution in [1.82, 2.24) is 34.3 Å². The number of rotatable bonds is 7. The number of fused-ring (bicyclic) bond motifs is 1. The van der Waals surface area contributed by atoms with E-state index in [4.69, 9.17) is 10.1 Å². The summed E-state index contributed by atoms with van der Waals surface area (Å²) in [4.78, 5) is 28.6. The highest BCUT2D eigenvalue weighted by Crippen LogP contribution is 2.32. The number of pyridine rings is 2. The number of anilines is 1. The van der Waals surface area contributed by atoms with Crippen molar-refractivity contribution in [2.45, 2.75) is 26.4 Å². The van der Waals surface area contributed by atoms with Crippen molar-refractivity contribution in [1.29, 1.82) is 0 Å². The summed E-state index contributed by atoms with van der Waals surface area (Å²) in [5, 5.41) is 9.08. The first kappa shape index (κ1) is 20.6. The molecule has 0 unspecified atom stereocenters. The Balaban J connectivity index is 1.45. The van der Waals surface area contributed by atoms with E-state index in [0.717, 1.165) is 33.5 Å². The van der Waals surface area contributed by atoms with Crippen LogP contribution in [0.25, 0.3) is 33.5 Å². The van der Waals surface area contributed by atoms with E-state index in [1.54, 1.807) is 29.1 Å². The van der Waals surface area contributed by atoms with E-state index in [1.807, 2.05) is 41.5 Å². The molecule has 0 bridgehead atoms. The molecule has 9 nitrogen and oxygen atoms in total. The van der Waals surface area contributed by atoms with E-state index < -0.39 is 0 Å². The second-order valence-corrected chi connectivity index (χ2v) is 8.03. The van der Waals surface area contributed by atoms with Gasteiger partial charge in [-0.2, -0.15) is 5.10 Å². The number of hydrogen-bond donors (Lipinski definition) is 2. The Morgan fingerprint density at radius 1 is 1.15 bits per heavy atom. The zero-order valence-electron chi connectivity index (χ0n) is 18.4.